The van der Waals surface area contributed by atoms with Crippen molar-refractivity contribution in [3.05, 3.63) is 73.1 Å². The summed E-state index contributed by atoms with van der Waals surface area (Å²) in [7, 11) is 1.37. The van der Waals surface area contributed by atoms with Gasteiger partial charge in [0.15, 0.2) is 0 Å². The summed E-state index contributed by atoms with van der Waals surface area (Å²) in [6.45, 7) is 3.75. The lowest BCUT2D eigenvalue weighted by atomic mass is 9.96. The largest absolute Gasteiger partial charge is 0.468 e. The monoisotopic (exact) mass is 282 g/mol. The summed E-state index contributed by atoms with van der Waals surface area (Å²) in [5.74, 6) is -0.866. The molecule has 2 rings (SSSR count). The lowest BCUT2D eigenvalue weighted by Crippen LogP contribution is -2.28. The van der Waals surface area contributed by atoms with Crippen molar-refractivity contribution in [2.75, 3.05) is 12.4 Å². The second kappa shape index (κ2) is 7.24. The number of aromatic nitrogens is 1. The van der Waals surface area contributed by atoms with Crippen molar-refractivity contribution in [2.45, 2.75) is 6.04 Å². The predicted octanol–water partition coefficient (Wildman–Crippen LogP) is 3.21. The van der Waals surface area contributed by atoms with Gasteiger partial charge in [0.2, 0.25) is 0 Å². The molecular weight excluding hydrogens is 264 g/mol. The van der Waals surface area contributed by atoms with Gasteiger partial charge in [0.1, 0.15) is 5.92 Å². The van der Waals surface area contributed by atoms with Crippen molar-refractivity contribution in [1.29, 1.82) is 0 Å². The summed E-state index contributed by atoms with van der Waals surface area (Å²) < 4.78 is 4.87. The summed E-state index contributed by atoms with van der Waals surface area (Å²) in [6, 6.07) is 14.9. The minimum Gasteiger partial charge on any atom is -0.468 e. The standard InChI is InChI=1S/C17H18N2O2/c1-3-14(17(20)21-2)16(15-11-7-8-12-18-15)19-13-9-5-4-6-10-13/h3-12,14,16,19H,1H2,2H3. The highest BCUT2D eigenvalue weighted by atomic mass is 16.5. The molecule has 1 N–H and O–H groups in total. The van der Waals surface area contributed by atoms with E-state index >= 15 is 0 Å². The molecule has 1 aromatic carbocycles. The van der Waals surface area contributed by atoms with E-state index in [4.69, 9.17) is 4.74 Å². The number of nitrogens with zero attached hydrogens (tertiary/aromatic N) is 1. The predicted molar refractivity (Wildman–Crippen MR) is 82.7 cm³/mol. The van der Waals surface area contributed by atoms with Crippen molar-refractivity contribution >= 4 is 11.7 Å². The van der Waals surface area contributed by atoms with E-state index in [0.29, 0.717) is 0 Å². The minimum atomic E-state index is -0.523. The van der Waals surface area contributed by atoms with Gasteiger partial charge in [0, 0.05) is 11.9 Å². The van der Waals surface area contributed by atoms with Crippen molar-refractivity contribution in [3.8, 4) is 0 Å². The topological polar surface area (TPSA) is 51.2 Å². The zero-order valence-corrected chi connectivity index (χ0v) is 11.9. The molecule has 0 saturated heterocycles. The number of methoxy groups -OCH3 is 1. The zero-order chi connectivity index (χ0) is 15.1. The number of rotatable bonds is 6. The van der Waals surface area contributed by atoms with Crippen LogP contribution in [0.2, 0.25) is 0 Å². The first-order valence-corrected chi connectivity index (χ1v) is 6.69. The maximum Gasteiger partial charge on any atom is 0.315 e. The summed E-state index contributed by atoms with van der Waals surface area (Å²) in [5, 5.41) is 3.33. The van der Waals surface area contributed by atoms with E-state index in [1.807, 2.05) is 48.5 Å². The third kappa shape index (κ3) is 3.69. The molecule has 0 fully saturated rings. The van der Waals surface area contributed by atoms with Crippen LogP contribution in [0.4, 0.5) is 5.69 Å². The quantitative estimate of drug-likeness (QED) is 0.653. The zero-order valence-electron chi connectivity index (χ0n) is 11.9. The molecule has 21 heavy (non-hydrogen) atoms. The molecule has 2 atom stereocenters. The lowest BCUT2D eigenvalue weighted by molar-refractivity contribution is -0.144. The van der Waals surface area contributed by atoms with E-state index in [0.717, 1.165) is 11.4 Å². The van der Waals surface area contributed by atoms with Crippen LogP contribution in [0.15, 0.2) is 67.4 Å². The lowest BCUT2D eigenvalue weighted by Gasteiger charge is -2.24. The minimum absolute atomic E-state index is 0.335. The average Bonchev–Trinajstić information content (AvgIpc) is 2.56. The van der Waals surface area contributed by atoms with Crippen LogP contribution in [-0.2, 0) is 9.53 Å². The first-order valence-electron chi connectivity index (χ1n) is 6.69. The van der Waals surface area contributed by atoms with Crippen molar-refractivity contribution in [3.63, 3.8) is 0 Å². The first-order chi connectivity index (χ1) is 10.3. The van der Waals surface area contributed by atoms with E-state index in [1.165, 1.54) is 7.11 Å². The number of ether oxygens (including phenoxy) is 1. The van der Waals surface area contributed by atoms with Crippen LogP contribution in [0, 0.1) is 5.92 Å². The fourth-order valence-corrected chi connectivity index (χ4v) is 2.13. The van der Waals surface area contributed by atoms with Crippen molar-refractivity contribution in [1.82, 2.24) is 4.98 Å². The van der Waals surface area contributed by atoms with Gasteiger partial charge in [0.05, 0.1) is 18.8 Å². The molecule has 2 unspecified atom stereocenters. The molecule has 1 heterocycles. The van der Waals surface area contributed by atoms with E-state index < -0.39 is 5.92 Å². The summed E-state index contributed by atoms with van der Waals surface area (Å²) in [4.78, 5) is 16.3. The van der Waals surface area contributed by atoms with Crippen LogP contribution in [0.25, 0.3) is 0 Å². The Balaban J connectivity index is 2.34. The normalized spacial score (nSPS) is 13.0. The van der Waals surface area contributed by atoms with Gasteiger partial charge in [-0.05, 0) is 24.3 Å². The maximum absolute atomic E-state index is 12.0. The number of anilines is 1. The number of esters is 1. The smallest absolute Gasteiger partial charge is 0.315 e. The van der Waals surface area contributed by atoms with Crippen LogP contribution in [0.5, 0.6) is 0 Å². The Hall–Kier alpha value is -2.62. The fourth-order valence-electron chi connectivity index (χ4n) is 2.13. The second-order valence-electron chi connectivity index (χ2n) is 4.53. The van der Waals surface area contributed by atoms with Crippen LogP contribution < -0.4 is 5.32 Å². The Labute approximate surface area is 124 Å². The Morgan fingerprint density at radius 3 is 2.52 bits per heavy atom. The molecule has 4 nitrogen and oxygen atoms in total. The Morgan fingerprint density at radius 2 is 1.95 bits per heavy atom. The highest BCUT2D eigenvalue weighted by molar-refractivity contribution is 5.76. The molecule has 0 aliphatic heterocycles. The Morgan fingerprint density at radius 1 is 1.24 bits per heavy atom. The molecule has 0 amide bonds. The molecule has 4 heteroatoms. The van der Waals surface area contributed by atoms with Gasteiger partial charge in [-0.25, -0.2) is 0 Å². The number of pyridine rings is 1. The molecule has 0 radical (unpaired) electrons. The van der Waals surface area contributed by atoms with Gasteiger partial charge in [-0.1, -0.05) is 30.3 Å². The third-order valence-electron chi connectivity index (χ3n) is 3.19. The molecule has 0 saturated carbocycles. The first kappa shape index (κ1) is 14.8. The molecule has 0 bridgehead atoms. The Bertz CT molecular complexity index is 584. The molecule has 0 aliphatic carbocycles. The molecule has 2 aromatic rings. The average molecular weight is 282 g/mol. The second-order valence-corrected chi connectivity index (χ2v) is 4.53. The van der Waals surface area contributed by atoms with Gasteiger partial charge in [-0.2, -0.15) is 0 Å². The van der Waals surface area contributed by atoms with Gasteiger partial charge >= 0.3 is 5.97 Å². The highest BCUT2D eigenvalue weighted by Crippen LogP contribution is 2.27. The molecule has 1 aromatic heterocycles. The number of benzene rings is 1. The van der Waals surface area contributed by atoms with Gasteiger partial charge in [-0.15, -0.1) is 6.58 Å². The number of carbonyl (C=O) groups is 1. The molecule has 0 aliphatic rings. The maximum atomic E-state index is 12.0. The number of hydrogen-bond donors (Lipinski definition) is 1. The van der Waals surface area contributed by atoms with Gasteiger partial charge < -0.3 is 10.1 Å². The number of para-hydroxylation sites is 1. The van der Waals surface area contributed by atoms with E-state index in [2.05, 4.69) is 16.9 Å². The SMILES string of the molecule is C=CC(C(=O)OC)C(Nc1ccccc1)c1ccccn1. The van der Waals surface area contributed by atoms with Gasteiger partial charge in [0.25, 0.3) is 0 Å². The van der Waals surface area contributed by atoms with Crippen LogP contribution in [-0.4, -0.2) is 18.1 Å². The van der Waals surface area contributed by atoms with Crippen molar-refractivity contribution in [2.24, 2.45) is 5.92 Å². The van der Waals surface area contributed by atoms with Crippen molar-refractivity contribution < 1.29 is 9.53 Å². The summed E-state index contributed by atoms with van der Waals surface area (Å²) in [6.07, 6.45) is 3.29. The third-order valence-corrected chi connectivity index (χ3v) is 3.19. The number of carbonyl (C=O) groups excluding carboxylic acids is 1. The van der Waals surface area contributed by atoms with Gasteiger partial charge in [-0.3, -0.25) is 9.78 Å². The summed E-state index contributed by atoms with van der Waals surface area (Å²) >= 11 is 0. The molecule has 108 valence electrons. The number of nitrogens with one attached hydrogen (secondary N) is 1. The van der Waals surface area contributed by atoms with Crippen LogP contribution >= 0.6 is 0 Å². The molecular formula is C17H18N2O2. The van der Waals surface area contributed by atoms with Crippen LogP contribution in [0.3, 0.4) is 0 Å². The molecule has 0 spiro atoms. The van der Waals surface area contributed by atoms with E-state index in [1.54, 1.807) is 12.3 Å². The summed E-state index contributed by atoms with van der Waals surface area (Å²) in [5.41, 5.74) is 1.67. The Kier molecular flexibility index (Phi) is 5.10. The van der Waals surface area contributed by atoms with E-state index in [-0.39, 0.29) is 12.0 Å². The fraction of sp³-hybridized carbons (Fsp3) is 0.176. The number of hydrogen-bond acceptors (Lipinski definition) is 4. The van der Waals surface area contributed by atoms with Crippen LogP contribution in [0.1, 0.15) is 11.7 Å². The van der Waals surface area contributed by atoms with E-state index in [9.17, 15) is 4.79 Å². The highest BCUT2D eigenvalue weighted by Gasteiger charge is 2.28.